The molecule has 0 radical (unpaired) electrons. The van der Waals surface area contributed by atoms with E-state index in [1.165, 1.54) is 7.11 Å². The van der Waals surface area contributed by atoms with Crippen LogP contribution in [0.3, 0.4) is 0 Å². The predicted octanol–water partition coefficient (Wildman–Crippen LogP) is 4.52. The Kier molecular flexibility index (Phi) is 8.22. The minimum Gasteiger partial charge on any atom is -0.453 e. The molecular weight excluding hydrogens is 496 g/mol. The van der Waals surface area contributed by atoms with Crippen LogP contribution in [0.1, 0.15) is 47.1 Å². The standard InChI is InChI=1S/C26H27ClN6O4/c1-37-26(36)29-17-11-12-18-20(13-17)30-21(34)6-4-2-3-5-19(24-32-22(18)23(27)33-24)31-25(35)16-9-7-15(14-28)8-10-16/h2-3,7-13,19H,4-6,14,28H2,1H3,(H,29,36)(H,30,34)(H,31,35)(H,32,33). The maximum absolute atomic E-state index is 13.0. The van der Waals surface area contributed by atoms with Crippen molar-refractivity contribution in [2.75, 3.05) is 17.7 Å². The van der Waals surface area contributed by atoms with Gasteiger partial charge in [0.15, 0.2) is 0 Å². The minimum atomic E-state index is -0.641. The quantitative estimate of drug-likeness (QED) is 0.318. The van der Waals surface area contributed by atoms with Gasteiger partial charge in [0.25, 0.3) is 5.91 Å². The van der Waals surface area contributed by atoms with E-state index in [0.717, 1.165) is 5.56 Å². The molecule has 2 aromatic carbocycles. The number of rotatable bonds is 4. The Morgan fingerprint density at radius 2 is 1.97 bits per heavy atom. The van der Waals surface area contributed by atoms with Crippen LogP contribution in [0.25, 0.3) is 11.3 Å². The van der Waals surface area contributed by atoms with Gasteiger partial charge in [0.05, 0.1) is 18.8 Å². The van der Waals surface area contributed by atoms with Crippen molar-refractivity contribution in [2.24, 2.45) is 5.73 Å². The molecule has 0 fully saturated rings. The predicted molar refractivity (Wildman–Crippen MR) is 141 cm³/mol. The van der Waals surface area contributed by atoms with Gasteiger partial charge < -0.3 is 26.1 Å². The molecule has 1 atom stereocenters. The number of nitrogens with two attached hydrogens (primary N) is 1. The Hall–Kier alpha value is -4.15. The van der Waals surface area contributed by atoms with Crippen LogP contribution >= 0.6 is 11.6 Å². The zero-order chi connectivity index (χ0) is 26.4. The zero-order valence-electron chi connectivity index (χ0n) is 20.1. The van der Waals surface area contributed by atoms with E-state index in [2.05, 4.69) is 30.7 Å². The van der Waals surface area contributed by atoms with Crippen molar-refractivity contribution in [3.8, 4) is 11.3 Å². The number of imidazole rings is 1. The van der Waals surface area contributed by atoms with Gasteiger partial charge in [0, 0.05) is 29.8 Å². The van der Waals surface area contributed by atoms with E-state index in [1.54, 1.807) is 30.3 Å². The number of benzene rings is 2. The minimum absolute atomic E-state index is 0.210. The number of methoxy groups -OCH3 is 1. The molecule has 10 nitrogen and oxygen atoms in total. The first-order chi connectivity index (χ1) is 17.9. The second kappa shape index (κ2) is 11.7. The third kappa shape index (κ3) is 6.35. The number of amides is 3. The van der Waals surface area contributed by atoms with E-state index in [-0.39, 0.29) is 23.4 Å². The highest BCUT2D eigenvalue weighted by atomic mass is 35.5. The zero-order valence-corrected chi connectivity index (χ0v) is 20.9. The number of halogens is 1. The second-order valence-corrected chi connectivity index (χ2v) is 8.76. The van der Waals surface area contributed by atoms with Crippen LogP contribution in [-0.4, -0.2) is 35.0 Å². The molecule has 4 rings (SSSR count). The molecule has 0 saturated carbocycles. The number of allylic oxidation sites excluding steroid dienone is 1. The summed E-state index contributed by atoms with van der Waals surface area (Å²) in [7, 11) is 1.26. The van der Waals surface area contributed by atoms with Gasteiger partial charge in [-0.3, -0.25) is 14.9 Å². The van der Waals surface area contributed by atoms with Crippen LogP contribution in [0, 0.1) is 0 Å². The van der Waals surface area contributed by atoms with Gasteiger partial charge in [-0.2, -0.15) is 0 Å². The molecule has 2 heterocycles. The fourth-order valence-electron chi connectivity index (χ4n) is 3.86. The maximum Gasteiger partial charge on any atom is 0.411 e. The molecule has 6 N–H and O–H groups in total. The number of nitrogens with zero attached hydrogens (tertiary/aromatic N) is 1. The van der Waals surface area contributed by atoms with Gasteiger partial charge in [0.2, 0.25) is 5.91 Å². The number of carbonyl (C=O) groups is 3. The number of carbonyl (C=O) groups excluding carboxylic acids is 3. The molecule has 1 unspecified atom stereocenters. The molecule has 1 aromatic heterocycles. The summed E-state index contributed by atoms with van der Waals surface area (Å²) in [6.45, 7) is 0.391. The van der Waals surface area contributed by atoms with Gasteiger partial charge in [-0.25, -0.2) is 9.78 Å². The number of nitrogens with one attached hydrogen (secondary N) is 4. The monoisotopic (exact) mass is 522 g/mol. The summed E-state index contributed by atoms with van der Waals surface area (Å²) >= 11 is 6.55. The molecule has 3 aromatic rings. The topological polar surface area (TPSA) is 151 Å². The fourth-order valence-corrected chi connectivity index (χ4v) is 4.10. The number of ether oxygens (including phenoxy) is 1. The summed E-state index contributed by atoms with van der Waals surface area (Å²) < 4.78 is 4.65. The summed E-state index contributed by atoms with van der Waals surface area (Å²) in [6.07, 6.45) is 4.33. The molecule has 192 valence electrons. The Morgan fingerprint density at radius 1 is 1.19 bits per heavy atom. The van der Waals surface area contributed by atoms with E-state index >= 15 is 0 Å². The largest absolute Gasteiger partial charge is 0.453 e. The second-order valence-electron chi connectivity index (χ2n) is 8.38. The number of hydrogen-bond donors (Lipinski definition) is 5. The van der Waals surface area contributed by atoms with Gasteiger partial charge in [0.1, 0.15) is 16.7 Å². The third-order valence-electron chi connectivity index (χ3n) is 5.82. The van der Waals surface area contributed by atoms with Crippen LogP contribution in [-0.2, 0) is 16.1 Å². The molecular formula is C26H27ClN6O4. The molecule has 0 spiro atoms. The van der Waals surface area contributed by atoms with Crippen molar-refractivity contribution in [2.45, 2.75) is 31.8 Å². The first kappa shape index (κ1) is 25.9. The van der Waals surface area contributed by atoms with Gasteiger partial charge >= 0.3 is 6.09 Å². The molecule has 2 bridgehead atoms. The average molecular weight is 523 g/mol. The number of hydrogen-bond acceptors (Lipinski definition) is 6. The number of anilines is 2. The highest BCUT2D eigenvalue weighted by Crippen LogP contribution is 2.35. The summed E-state index contributed by atoms with van der Waals surface area (Å²) in [4.78, 5) is 45.0. The molecule has 1 aliphatic heterocycles. The van der Waals surface area contributed by atoms with Crippen LogP contribution in [0.15, 0.2) is 54.6 Å². The molecule has 0 saturated heterocycles. The molecule has 1 aliphatic rings. The van der Waals surface area contributed by atoms with E-state index in [1.807, 2.05) is 24.3 Å². The van der Waals surface area contributed by atoms with E-state index in [0.29, 0.717) is 53.4 Å². The van der Waals surface area contributed by atoms with Crippen molar-refractivity contribution in [1.82, 2.24) is 15.3 Å². The number of fused-ring (bicyclic) bond motifs is 4. The van der Waals surface area contributed by atoms with Crippen LogP contribution < -0.4 is 21.7 Å². The lowest BCUT2D eigenvalue weighted by atomic mass is 10.1. The van der Waals surface area contributed by atoms with E-state index in [4.69, 9.17) is 17.3 Å². The Morgan fingerprint density at radius 3 is 2.70 bits per heavy atom. The first-order valence-electron chi connectivity index (χ1n) is 11.7. The number of H-pyrrole nitrogens is 1. The van der Waals surface area contributed by atoms with E-state index < -0.39 is 12.1 Å². The van der Waals surface area contributed by atoms with Gasteiger partial charge in [-0.05, 0) is 48.7 Å². The van der Waals surface area contributed by atoms with Crippen molar-refractivity contribution >= 4 is 40.9 Å². The van der Waals surface area contributed by atoms with Crippen molar-refractivity contribution < 1.29 is 19.1 Å². The molecule has 3 amide bonds. The molecule has 0 aliphatic carbocycles. The van der Waals surface area contributed by atoms with Crippen molar-refractivity contribution in [1.29, 1.82) is 0 Å². The van der Waals surface area contributed by atoms with Gasteiger partial charge in [-0.15, -0.1) is 0 Å². The lowest BCUT2D eigenvalue weighted by Gasteiger charge is -2.15. The number of aromatic amines is 1. The third-order valence-corrected chi connectivity index (χ3v) is 6.10. The SMILES string of the molecule is COC(=O)Nc1ccc2c(c1)NC(=O)CCC=CCC(NC(=O)c1ccc(CN)cc1)c1nc-2c(Cl)[nH]1. The first-order valence-corrected chi connectivity index (χ1v) is 12.0. The summed E-state index contributed by atoms with van der Waals surface area (Å²) in [5.41, 5.74) is 8.86. The highest BCUT2D eigenvalue weighted by Gasteiger charge is 2.23. The summed E-state index contributed by atoms with van der Waals surface area (Å²) in [5.74, 6) is -0.0148. The van der Waals surface area contributed by atoms with Crippen molar-refractivity contribution in [3.05, 3.63) is 76.7 Å². The fraction of sp³-hybridized carbons (Fsp3) is 0.231. The van der Waals surface area contributed by atoms with Gasteiger partial charge in [-0.1, -0.05) is 35.9 Å². The molecule has 37 heavy (non-hydrogen) atoms. The lowest BCUT2D eigenvalue weighted by Crippen LogP contribution is -2.29. The smallest absolute Gasteiger partial charge is 0.411 e. The Labute approximate surface area is 218 Å². The van der Waals surface area contributed by atoms with E-state index in [9.17, 15) is 14.4 Å². The summed E-state index contributed by atoms with van der Waals surface area (Å²) in [5, 5.41) is 8.71. The Balaban J connectivity index is 1.69. The van der Waals surface area contributed by atoms with Crippen LogP contribution in [0.4, 0.5) is 16.2 Å². The Bertz CT molecular complexity index is 1340. The van der Waals surface area contributed by atoms with Crippen LogP contribution in [0.2, 0.25) is 5.15 Å². The normalized spacial score (nSPS) is 15.3. The maximum atomic E-state index is 13.0. The highest BCUT2D eigenvalue weighted by molar-refractivity contribution is 6.32. The summed E-state index contributed by atoms with van der Waals surface area (Å²) in [6, 6.07) is 11.5. The molecule has 11 heteroatoms. The number of aromatic nitrogens is 2. The lowest BCUT2D eigenvalue weighted by molar-refractivity contribution is -0.116. The van der Waals surface area contributed by atoms with Crippen LogP contribution in [0.5, 0.6) is 0 Å². The average Bonchev–Trinajstić information content (AvgIpc) is 3.28. The van der Waals surface area contributed by atoms with Crippen molar-refractivity contribution in [3.63, 3.8) is 0 Å².